The van der Waals surface area contributed by atoms with Gasteiger partial charge in [0.1, 0.15) is 13.2 Å². The first-order valence-corrected chi connectivity index (χ1v) is 35.6. The number of carbonyl (C=O) groups is 3. The SMILES string of the molecule is CC/C=C\C/C=C\C/C=C\C/C=C\C/C=C\C/C=C\CCC(=O)OC(COC(=O)CCCCCCCCC/C=C\CCCCCCCC)COC(=O)CCCCCCCCCCCCCCCCCCCCCCCCCCCCCC. The van der Waals surface area contributed by atoms with Crippen molar-refractivity contribution in [3.05, 3.63) is 85.1 Å². The lowest BCUT2D eigenvalue weighted by Gasteiger charge is -2.18. The van der Waals surface area contributed by atoms with Crippen molar-refractivity contribution < 1.29 is 28.6 Å². The Morgan fingerprint density at radius 3 is 0.793 bits per heavy atom. The predicted octanol–water partition coefficient (Wildman–Crippen LogP) is 24.6. The number of rotatable bonds is 65. The maximum atomic E-state index is 12.9. The fourth-order valence-electron chi connectivity index (χ4n) is 10.4. The molecule has 0 aromatic heterocycles. The molecule has 82 heavy (non-hydrogen) atoms. The van der Waals surface area contributed by atoms with E-state index in [9.17, 15) is 14.4 Å². The van der Waals surface area contributed by atoms with E-state index in [1.165, 1.54) is 238 Å². The lowest BCUT2D eigenvalue weighted by molar-refractivity contribution is -0.166. The summed E-state index contributed by atoms with van der Waals surface area (Å²) < 4.78 is 16.9. The lowest BCUT2D eigenvalue weighted by atomic mass is 10.0. The first-order valence-electron chi connectivity index (χ1n) is 35.6. The maximum absolute atomic E-state index is 12.9. The molecule has 0 saturated carbocycles. The minimum atomic E-state index is -0.820. The Labute approximate surface area is 509 Å². The zero-order valence-electron chi connectivity index (χ0n) is 54.5. The van der Waals surface area contributed by atoms with Gasteiger partial charge in [0.05, 0.1) is 0 Å². The number of esters is 3. The van der Waals surface area contributed by atoms with Gasteiger partial charge in [-0.15, -0.1) is 0 Å². The third-order valence-electron chi connectivity index (χ3n) is 15.6. The molecule has 474 valence electrons. The highest BCUT2D eigenvalue weighted by Crippen LogP contribution is 2.18. The highest BCUT2D eigenvalue weighted by atomic mass is 16.6. The molecule has 0 aliphatic carbocycles. The van der Waals surface area contributed by atoms with Crippen LogP contribution in [-0.2, 0) is 28.6 Å². The third-order valence-corrected chi connectivity index (χ3v) is 15.6. The minimum absolute atomic E-state index is 0.105. The van der Waals surface area contributed by atoms with Crippen LogP contribution < -0.4 is 0 Å². The van der Waals surface area contributed by atoms with Crippen molar-refractivity contribution >= 4 is 17.9 Å². The molecule has 0 N–H and O–H groups in total. The molecule has 0 heterocycles. The Hall–Kier alpha value is -3.41. The van der Waals surface area contributed by atoms with E-state index in [1.54, 1.807) is 0 Å². The second kappa shape index (κ2) is 70.1. The molecular weight excluding hydrogens is 1010 g/mol. The van der Waals surface area contributed by atoms with Crippen LogP contribution in [0.15, 0.2) is 85.1 Å². The average Bonchev–Trinajstić information content (AvgIpc) is 3.47. The minimum Gasteiger partial charge on any atom is -0.462 e. The number of carbonyl (C=O) groups excluding carboxylic acids is 3. The monoisotopic (exact) mass is 1140 g/mol. The van der Waals surface area contributed by atoms with Crippen LogP contribution in [0, 0.1) is 0 Å². The van der Waals surface area contributed by atoms with E-state index in [-0.39, 0.29) is 37.5 Å². The van der Waals surface area contributed by atoms with Gasteiger partial charge in [-0.2, -0.15) is 0 Å². The Bertz CT molecular complexity index is 1550. The average molecular weight is 1140 g/mol. The van der Waals surface area contributed by atoms with Crippen LogP contribution >= 0.6 is 0 Å². The maximum Gasteiger partial charge on any atom is 0.306 e. The van der Waals surface area contributed by atoms with Gasteiger partial charge in [-0.25, -0.2) is 0 Å². The number of ether oxygens (including phenoxy) is 3. The van der Waals surface area contributed by atoms with Crippen molar-refractivity contribution in [1.29, 1.82) is 0 Å². The van der Waals surface area contributed by atoms with Crippen LogP contribution in [-0.4, -0.2) is 37.2 Å². The van der Waals surface area contributed by atoms with Gasteiger partial charge >= 0.3 is 17.9 Å². The van der Waals surface area contributed by atoms with Crippen LogP contribution in [0.4, 0.5) is 0 Å². The third kappa shape index (κ3) is 67.4. The van der Waals surface area contributed by atoms with Gasteiger partial charge in [0.25, 0.3) is 0 Å². The zero-order valence-corrected chi connectivity index (χ0v) is 54.5. The normalized spacial score (nSPS) is 12.6. The molecule has 0 rings (SSSR count). The van der Waals surface area contributed by atoms with Crippen molar-refractivity contribution in [3.63, 3.8) is 0 Å². The van der Waals surface area contributed by atoms with Crippen molar-refractivity contribution in [2.75, 3.05) is 13.2 Å². The predicted molar refractivity (Wildman–Crippen MR) is 358 cm³/mol. The highest BCUT2D eigenvalue weighted by molar-refractivity contribution is 5.71. The molecule has 1 atom stereocenters. The largest absolute Gasteiger partial charge is 0.462 e. The van der Waals surface area contributed by atoms with Crippen LogP contribution in [0.3, 0.4) is 0 Å². The second-order valence-corrected chi connectivity index (χ2v) is 23.8. The Morgan fingerprint density at radius 1 is 0.256 bits per heavy atom. The summed E-state index contributed by atoms with van der Waals surface area (Å²) in [5.41, 5.74) is 0. The zero-order chi connectivity index (χ0) is 59.2. The molecule has 0 saturated heterocycles. The van der Waals surface area contributed by atoms with E-state index in [0.717, 1.165) is 77.0 Å². The molecule has 0 fully saturated rings. The standard InChI is InChI=1S/C76H134O6/c1-4-7-10-13-16-19-22-25-28-31-33-34-35-36-37-38-39-40-41-43-45-48-51-54-57-60-63-66-69-75(78)81-72-73(71-80-74(77)68-65-62-59-56-53-50-47-44-30-27-24-21-18-15-12-9-6-3)82-76(79)70-67-64-61-58-55-52-49-46-42-32-29-26-23-20-17-14-11-8-5-2/h8,11,17,20,26-27,29-30,42,46,52,55,61,64,73H,4-7,9-10,12-16,18-19,21-25,28,31-41,43-45,47-51,53-54,56-60,62-63,65-72H2,1-3H3/b11-8-,20-17-,29-26-,30-27-,46-42-,55-52-,64-61-. The summed E-state index contributed by atoms with van der Waals surface area (Å²) >= 11 is 0. The summed E-state index contributed by atoms with van der Waals surface area (Å²) in [5.74, 6) is -0.976. The molecule has 0 aliphatic heterocycles. The van der Waals surface area contributed by atoms with Crippen molar-refractivity contribution in [3.8, 4) is 0 Å². The summed E-state index contributed by atoms with van der Waals surface area (Å²) in [7, 11) is 0. The van der Waals surface area contributed by atoms with E-state index < -0.39 is 6.10 Å². The summed E-state index contributed by atoms with van der Waals surface area (Å²) in [6, 6.07) is 0. The number of hydrogen-bond donors (Lipinski definition) is 0. The van der Waals surface area contributed by atoms with Crippen molar-refractivity contribution in [2.24, 2.45) is 0 Å². The Kier molecular flexibility index (Phi) is 67.2. The van der Waals surface area contributed by atoms with Gasteiger partial charge in [0.15, 0.2) is 6.10 Å². The molecule has 0 spiro atoms. The first kappa shape index (κ1) is 78.6. The molecule has 0 aliphatic rings. The topological polar surface area (TPSA) is 78.9 Å². The van der Waals surface area contributed by atoms with E-state index in [1.807, 2.05) is 6.08 Å². The van der Waals surface area contributed by atoms with Crippen LogP contribution in [0.25, 0.3) is 0 Å². The van der Waals surface area contributed by atoms with Crippen molar-refractivity contribution in [2.45, 2.75) is 367 Å². The molecule has 6 nitrogen and oxygen atoms in total. The molecule has 0 aromatic carbocycles. The van der Waals surface area contributed by atoms with Crippen LogP contribution in [0.1, 0.15) is 361 Å². The van der Waals surface area contributed by atoms with E-state index >= 15 is 0 Å². The van der Waals surface area contributed by atoms with Crippen LogP contribution in [0.5, 0.6) is 0 Å². The fraction of sp³-hybridized carbons (Fsp3) is 0.776. The van der Waals surface area contributed by atoms with Gasteiger partial charge in [-0.1, -0.05) is 343 Å². The fourth-order valence-corrected chi connectivity index (χ4v) is 10.4. The van der Waals surface area contributed by atoms with Gasteiger partial charge in [-0.05, 0) is 83.5 Å². The van der Waals surface area contributed by atoms with E-state index in [2.05, 4.69) is 99.8 Å². The summed E-state index contributed by atoms with van der Waals surface area (Å²) in [6.45, 7) is 6.51. The summed E-state index contributed by atoms with van der Waals surface area (Å²) in [4.78, 5) is 38.4. The molecule has 6 heteroatoms. The quantitative estimate of drug-likeness (QED) is 0.0261. The Morgan fingerprint density at radius 2 is 0.500 bits per heavy atom. The first-order chi connectivity index (χ1) is 40.5. The van der Waals surface area contributed by atoms with E-state index in [4.69, 9.17) is 14.2 Å². The molecule has 0 bridgehead atoms. The molecule has 1 unspecified atom stereocenters. The van der Waals surface area contributed by atoms with Gasteiger partial charge < -0.3 is 14.2 Å². The highest BCUT2D eigenvalue weighted by Gasteiger charge is 2.19. The number of allylic oxidation sites excluding steroid dienone is 14. The smallest absolute Gasteiger partial charge is 0.306 e. The molecule has 0 amide bonds. The van der Waals surface area contributed by atoms with Gasteiger partial charge in [0.2, 0.25) is 0 Å². The molecular formula is C76H134O6. The summed E-state index contributed by atoms with van der Waals surface area (Å²) in [6.07, 6.45) is 93.5. The van der Waals surface area contributed by atoms with Crippen molar-refractivity contribution in [1.82, 2.24) is 0 Å². The number of hydrogen-bond acceptors (Lipinski definition) is 6. The Balaban J connectivity index is 4.34. The molecule has 0 aromatic rings. The van der Waals surface area contributed by atoms with E-state index in [0.29, 0.717) is 19.3 Å². The van der Waals surface area contributed by atoms with Crippen LogP contribution in [0.2, 0.25) is 0 Å². The van der Waals surface area contributed by atoms with Gasteiger partial charge in [0, 0.05) is 19.3 Å². The van der Waals surface area contributed by atoms with Gasteiger partial charge in [-0.3, -0.25) is 14.4 Å². The number of unbranched alkanes of at least 4 members (excludes halogenated alkanes) is 40. The lowest BCUT2D eigenvalue weighted by Crippen LogP contribution is -2.30. The second-order valence-electron chi connectivity index (χ2n) is 23.8. The summed E-state index contributed by atoms with van der Waals surface area (Å²) in [5, 5.41) is 0. The molecule has 0 radical (unpaired) electrons.